The van der Waals surface area contributed by atoms with E-state index in [4.69, 9.17) is 0 Å². The summed E-state index contributed by atoms with van der Waals surface area (Å²) in [6.07, 6.45) is 6.65. The molecule has 0 bridgehead atoms. The smallest absolute Gasteiger partial charge is 0.133 e. The quantitative estimate of drug-likeness (QED) is 0.810. The van der Waals surface area contributed by atoms with Gasteiger partial charge < -0.3 is 10.4 Å². The number of aryl methyl sites for hydroxylation is 2. The fourth-order valence-corrected chi connectivity index (χ4v) is 3.26. The molecule has 1 aliphatic rings. The van der Waals surface area contributed by atoms with Crippen molar-refractivity contribution < 1.29 is 5.11 Å². The number of rotatable bonds is 7. The largest absolute Gasteiger partial charge is 0.396 e. The van der Waals surface area contributed by atoms with Crippen molar-refractivity contribution in [3.05, 3.63) is 17.1 Å². The Kier molecular flexibility index (Phi) is 5.97. The average Bonchev–Trinajstić information content (AvgIpc) is 2.44. The third-order valence-corrected chi connectivity index (χ3v) is 4.20. The van der Waals surface area contributed by atoms with Gasteiger partial charge in [0.15, 0.2) is 0 Å². The standard InChI is InChI=1S/C17H29N3O/c1-12(2)10-14(8-9-21)11-18-17-15-6-4-5-7-16(15)19-13(3)20-17/h12,14,21H,4-11H2,1-3H3,(H,18,19,20). The van der Waals surface area contributed by atoms with Crippen LogP contribution in [0.25, 0.3) is 0 Å². The first-order valence-electron chi connectivity index (χ1n) is 8.31. The first-order valence-corrected chi connectivity index (χ1v) is 8.31. The number of anilines is 1. The molecule has 1 atom stereocenters. The molecule has 1 heterocycles. The van der Waals surface area contributed by atoms with Crippen LogP contribution >= 0.6 is 0 Å². The number of aromatic nitrogens is 2. The number of fused-ring (bicyclic) bond motifs is 1. The Labute approximate surface area is 128 Å². The summed E-state index contributed by atoms with van der Waals surface area (Å²) in [5.41, 5.74) is 2.55. The van der Waals surface area contributed by atoms with Gasteiger partial charge in [-0.05, 0) is 57.3 Å². The van der Waals surface area contributed by atoms with Gasteiger partial charge >= 0.3 is 0 Å². The number of nitrogens with zero attached hydrogens (tertiary/aromatic N) is 2. The summed E-state index contributed by atoms with van der Waals surface area (Å²) in [5, 5.41) is 12.8. The van der Waals surface area contributed by atoms with Crippen LogP contribution in [-0.4, -0.2) is 28.2 Å². The predicted molar refractivity (Wildman–Crippen MR) is 86.5 cm³/mol. The summed E-state index contributed by atoms with van der Waals surface area (Å²) in [6.45, 7) is 7.60. The maximum absolute atomic E-state index is 9.23. The summed E-state index contributed by atoms with van der Waals surface area (Å²) in [4.78, 5) is 9.21. The second-order valence-corrected chi connectivity index (χ2v) is 6.64. The van der Waals surface area contributed by atoms with E-state index in [1.54, 1.807) is 0 Å². The van der Waals surface area contributed by atoms with Gasteiger partial charge in [-0.25, -0.2) is 9.97 Å². The fourth-order valence-electron chi connectivity index (χ4n) is 3.26. The molecule has 4 heteroatoms. The Balaban J connectivity index is 2.06. The van der Waals surface area contributed by atoms with Crippen molar-refractivity contribution >= 4 is 5.82 Å². The Morgan fingerprint density at radius 3 is 2.67 bits per heavy atom. The summed E-state index contributed by atoms with van der Waals surface area (Å²) < 4.78 is 0. The molecule has 1 aromatic heterocycles. The van der Waals surface area contributed by atoms with Gasteiger partial charge in [-0.3, -0.25) is 0 Å². The summed E-state index contributed by atoms with van der Waals surface area (Å²) in [5.74, 6) is 3.05. The van der Waals surface area contributed by atoms with Crippen LogP contribution in [0, 0.1) is 18.8 Å². The maximum Gasteiger partial charge on any atom is 0.133 e. The molecular weight excluding hydrogens is 262 g/mol. The van der Waals surface area contributed by atoms with Crippen LogP contribution in [0.3, 0.4) is 0 Å². The molecule has 0 saturated heterocycles. The van der Waals surface area contributed by atoms with Gasteiger partial charge in [-0.2, -0.15) is 0 Å². The number of aliphatic hydroxyl groups is 1. The van der Waals surface area contributed by atoms with Crippen LogP contribution in [0.15, 0.2) is 0 Å². The highest BCUT2D eigenvalue weighted by molar-refractivity contribution is 5.47. The average molecular weight is 291 g/mol. The third-order valence-electron chi connectivity index (χ3n) is 4.20. The molecule has 0 saturated carbocycles. The molecular formula is C17H29N3O. The highest BCUT2D eigenvalue weighted by Gasteiger charge is 2.18. The number of aliphatic hydroxyl groups excluding tert-OH is 1. The monoisotopic (exact) mass is 291 g/mol. The molecule has 0 aliphatic heterocycles. The van der Waals surface area contributed by atoms with E-state index in [1.165, 1.54) is 24.1 Å². The van der Waals surface area contributed by atoms with E-state index in [-0.39, 0.29) is 6.61 Å². The Hall–Kier alpha value is -1.16. The summed E-state index contributed by atoms with van der Waals surface area (Å²) in [7, 11) is 0. The summed E-state index contributed by atoms with van der Waals surface area (Å²) >= 11 is 0. The zero-order valence-electron chi connectivity index (χ0n) is 13.7. The van der Waals surface area contributed by atoms with Crippen molar-refractivity contribution in [2.45, 2.75) is 59.3 Å². The first kappa shape index (κ1) is 16.2. The lowest BCUT2D eigenvalue weighted by molar-refractivity contribution is 0.247. The lowest BCUT2D eigenvalue weighted by Gasteiger charge is -2.22. The van der Waals surface area contributed by atoms with Crippen molar-refractivity contribution in [1.82, 2.24) is 9.97 Å². The predicted octanol–water partition coefficient (Wildman–Crippen LogP) is 3.12. The fraction of sp³-hybridized carbons (Fsp3) is 0.765. The highest BCUT2D eigenvalue weighted by atomic mass is 16.3. The molecule has 21 heavy (non-hydrogen) atoms. The SMILES string of the molecule is Cc1nc2c(c(NCC(CCO)CC(C)C)n1)CCCC2. The Morgan fingerprint density at radius 1 is 1.19 bits per heavy atom. The molecule has 2 N–H and O–H groups in total. The normalized spacial score (nSPS) is 15.9. The highest BCUT2D eigenvalue weighted by Crippen LogP contribution is 2.26. The van der Waals surface area contributed by atoms with Gasteiger partial charge in [0.1, 0.15) is 11.6 Å². The Morgan fingerprint density at radius 2 is 1.95 bits per heavy atom. The van der Waals surface area contributed by atoms with Gasteiger partial charge in [-0.15, -0.1) is 0 Å². The van der Waals surface area contributed by atoms with Gasteiger partial charge in [0.25, 0.3) is 0 Å². The lowest BCUT2D eigenvalue weighted by atomic mass is 9.93. The van der Waals surface area contributed by atoms with Crippen LogP contribution in [0.2, 0.25) is 0 Å². The Bertz CT molecular complexity index is 460. The van der Waals surface area contributed by atoms with E-state index in [1.807, 2.05) is 6.92 Å². The van der Waals surface area contributed by atoms with Gasteiger partial charge in [0, 0.05) is 24.4 Å². The number of hydrogen-bond donors (Lipinski definition) is 2. The molecule has 1 aliphatic carbocycles. The van der Waals surface area contributed by atoms with Gasteiger partial charge in [0.2, 0.25) is 0 Å². The van der Waals surface area contributed by atoms with Crippen molar-refractivity contribution in [2.75, 3.05) is 18.5 Å². The lowest BCUT2D eigenvalue weighted by Crippen LogP contribution is -2.21. The number of nitrogens with one attached hydrogen (secondary N) is 1. The van der Waals surface area contributed by atoms with Crippen molar-refractivity contribution in [2.24, 2.45) is 11.8 Å². The van der Waals surface area contributed by atoms with Gasteiger partial charge in [0.05, 0.1) is 0 Å². The van der Waals surface area contributed by atoms with Crippen molar-refractivity contribution in [3.8, 4) is 0 Å². The molecule has 0 amide bonds. The minimum absolute atomic E-state index is 0.264. The maximum atomic E-state index is 9.23. The van der Waals surface area contributed by atoms with Crippen molar-refractivity contribution in [1.29, 1.82) is 0 Å². The molecule has 2 rings (SSSR count). The molecule has 1 aromatic rings. The third kappa shape index (κ3) is 4.67. The van der Waals surface area contributed by atoms with E-state index in [9.17, 15) is 5.11 Å². The van der Waals surface area contributed by atoms with E-state index < -0.39 is 0 Å². The van der Waals surface area contributed by atoms with Crippen LogP contribution in [0.4, 0.5) is 5.82 Å². The molecule has 0 fully saturated rings. The van der Waals surface area contributed by atoms with E-state index >= 15 is 0 Å². The molecule has 4 nitrogen and oxygen atoms in total. The van der Waals surface area contributed by atoms with Gasteiger partial charge in [-0.1, -0.05) is 13.8 Å². The van der Waals surface area contributed by atoms with E-state index in [2.05, 4.69) is 29.1 Å². The second-order valence-electron chi connectivity index (χ2n) is 6.64. The topological polar surface area (TPSA) is 58.0 Å². The second kappa shape index (κ2) is 7.74. The molecule has 0 radical (unpaired) electrons. The van der Waals surface area contributed by atoms with E-state index in [0.29, 0.717) is 11.8 Å². The molecule has 0 spiro atoms. The summed E-state index contributed by atoms with van der Waals surface area (Å²) in [6, 6.07) is 0. The van der Waals surface area contributed by atoms with Crippen LogP contribution in [-0.2, 0) is 12.8 Å². The number of hydrogen-bond acceptors (Lipinski definition) is 4. The zero-order chi connectivity index (χ0) is 15.2. The molecule has 118 valence electrons. The minimum atomic E-state index is 0.264. The molecule has 0 aromatic carbocycles. The van der Waals surface area contributed by atoms with E-state index in [0.717, 1.165) is 43.9 Å². The zero-order valence-corrected chi connectivity index (χ0v) is 13.7. The minimum Gasteiger partial charge on any atom is -0.396 e. The van der Waals surface area contributed by atoms with Crippen molar-refractivity contribution in [3.63, 3.8) is 0 Å². The molecule has 1 unspecified atom stereocenters. The first-order chi connectivity index (χ1) is 10.1. The van der Waals surface area contributed by atoms with Crippen LogP contribution in [0.1, 0.15) is 56.6 Å². The van der Waals surface area contributed by atoms with Crippen LogP contribution in [0.5, 0.6) is 0 Å². The van der Waals surface area contributed by atoms with Crippen LogP contribution < -0.4 is 5.32 Å².